The average Bonchev–Trinajstić information content (AvgIpc) is 3.02. The van der Waals surface area contributed by atoms with Crippen LogP contribution in [0, 0.1) is 11.3 Å². The van der Waals surface area contributed by atoms with Crippen molar-refractivity contribution in [2.75, 3.05) is 32.8 Å². The van der Waals surface area contributed by atoms with E-state index in [9.17, 15) is 0 Å². The van der Waals surface area contributed by atoms with Gasteiger partial charge in [-0.25, -0.2) is 0 Å². The van der Waals surface area contributed by atoms with E-state index in [4.69, 9.17) is 10.00 Å². The van der Waals surface area contributed by atoms with E-state index in [0.717, 1.165) is 32.8 Å². The van der Waals surface area contributed by atoms with Gasteiger partial charge >= 0.3 is 0 Å². The number of rotatable bonds is 4. The van der Waals surface area contributed by atoms with E-state index in [0.29, 0.717) is 6.04 Å². The first-order valence-electron chi connectivity index (χ1n) is 5.34. The number of hydrogen-bond donors (Lipinski definition) is 1. The van der Waals surface area contributed by atoms with Crippen LogP contribution in [0.15, 0.2) is 0 Å². The van der Waals surface area contributed by atoms with Gasteiger partial charge in [0.05, 0.1) is 19.3 Å². The Balaban J connectivity index is 1.72. The molecule has 0 amide bonds. The Labute approximate surface area is 84.8 Å². The molecule has 0 aromatic heterocycles. The predicted octanol–water partition coefficient (Wildman–Crippen LogP) is -0.0372. The standard InChI is InChI=1S/C10H17N3O/c11-7-10(12-9-1-2-9)8-13-3-5-14-6-4-13/h9-10,12H,1-6,8H2. The van der Waals surface area contributed by atoms with Gasteiger partial charge in [-0.1, -0.05) is 0 Å². The normalized spacial score (nSPS) is 25.6. The molecule has 1 aliphatic heterocycles. The zero-order valence-corrected chi connectivity index (χ0v) is 8.41. The van der Waals surface area contributed by atoms with Gasteiger partial charge in [0.2, 0.25) is 0 Å². The summed E-state index contributed by atoms with van der Waals surface area (Å²) in [5.41, 5.74) is 0. The Bertz CT molecular complexity index is 216. The number of nitriles is 1. The highest BCUT2D eigenvalue weighted by Gasteiger charge is 2.25. The van der Waals surface area contributed by atoms with Crippen LogP contribution in [0.1, 0.15) is 12.8 Å². The molecule has 1 aliphatic carbocycles. The number of nitrogens with zero attached hydrogens (tertiary/aromatic N) is 2. The summed E-state index contributed by atoms with van der Waals surface area (Å²) in [5, 5.41) is 12.3. The van der Waals surface area contributed by atoms with E-state index in [2.05, 4.69) is 16.3 Å². The summed E-state index contributed by atoms with van der Waals surface area (Å²) in [4.78, 5) is 2.30. The van der Waals surface area contributed by atoms with Crippen LogP contribution < -0.4 is 5.32 Å². The third-order valence-corrected chi connectivity index (χ3v) is 2.71. The summed E-state index contributed by atoms with van der Waals surface area (Å²) in [6.07, 6.45) is 2.47. The Morgan fingerprint density at radius 3 is 2.71 bits per heavy atom. The van der Waals surface area contributed by atoms with Crippen molar-refractivity contribution in [1.82, 2.24) is 10.2 Å². The van der Waals surface area contributed by atoms with E-state index < -0.39 is 0 Å². The Kier molecular flexibility index (Phi) is 3.35. The molecule has 1 atom stereocenters. The smallest absolute Gasteiger partial charge is 0.108 e. The van der Waals surface area contributed by atoms with Gasteiger partial charge in [-0.2, -0.15) is 5.26 Å². The predicted molar refractivity (Wildman–Crippen MR) is 52.8 cm³/mol. The first kappa shape index (κ1) is 9.91. The maximum atomic E-state index is 8.96. The number of hydrogen-bond acceptors (Lipinski definition) is 4. The van der Waals surface area contributed by atoms with Crippen molar-refractivity contribution < 1.29 is 4.74 Å². The summed E-state index contributed by atoms with van der Waals surface area (Å²) in [7, 11) is 0. The molecule has 0 spiro atoms. The highest BCUT2D eigenvalue weighted by molar-refractivity contribution is 4.97. The Morgan fingerprint density at radius 2 is 2.14 bits per heavy atom. The molecule has 2 rings (SSSR count). The summed E-state index contributed by atoms with van der Waals surface area (Å²) in [6, 6.07) is 2.94. The van der Waals surface area contributed by atoms with Crippen LogP contribution in [-0.4, -0.2) is 49.8 Å². The van der Waals surface area contributed by atoms with Gasteiger partial charge in [0, 0.05) is 25.7 Å². The van der Waals surface area contributed by atoms with Crippen LogP contribution in [0.2, 0.25) is 0 Å². The lowest BCUT2D eigenvalue weighted by molar-refractivity contribution is 0.0358. The molecule has 0 aromatic carbocycles. The van der Waals surface area contributed by atoms with Crippen molar-refractivity contribution >= 4 is 0 Å². The minimum Gasteiger partial charge on any atom is -0.379 e. The molecular weight excluding hydrogens is 178 g/mol. The highest BCUT2D eigenvalue weighted by Crippen LogP contribution is 2.19. The van der Waals surface area contributed by atoms with Crippen LogP contribution in [-0.2, 0) is 4.74 Å². The molecular formula is C10H17N3O. The van der Waals surface area contributed by atoms with Crippen LogP contribution in [0.25, 0.3) is 0 Å². The van der Waals surface area contributed by atoms with Gasteiger partial charge in [-0.05, 0) is 12.8 Å². The topological polar surface area (TPSA) is 48.3 Å². The van der Waals surface area contributed by atoms with Crippen LogP contribution in [0.4, 0.5) is 0 Å². The second-order valence-corrected chi connectivity index (χ2v) is 4.04. The molecule has 4 nitrogen and oxygen atoms in total. The van der Waals surface area contributed by atoms with Crippen molar-refractivity contribution in [3.63, 3.8) is 0 Å². The zero-order valence-electron chi connectivity index (χ0n) is 8.41. The average molecular weight is 195 g/mol. The molecule has 2 aliphatic rings. The largest absolute Gasteiger partial charge is 0.379 e. The monoisotopic (exact) mass is 195 g/mol. The lowest BCUT2D eigenvalue weighted by Gasteiger charge is -2.28. The maximum Gasteiger partial charge on any atom is 0.108 e. The second-order valence-electron chi connectivity index (χ2n) is 4.04. The quantitative estimate of drug-likeness (QED) is 0.684. The first-order chi connectivity index (χ1) is 6.88. The third-order valence-electron chi connectivity index (χ3n) is 2.71. The summed E-state index contributed by atoms with van der Waals surface area (Å²) in [5.74, 6) is 0. The molecule has 0 radical (unpaired) electrons. The van der Waals surface area contributed by atoms with Gasteiger partial charge < -0.3 is 4.74 Å². The zero-order chi connectivity index (χ0) is 9.80. The van der Waals surface area contributed by atoms with Crippen LogP contribution >= 0.6 is 0 Å². The van der Waals surface area contributed by atoms with Crippen molar-refractivity contribution in [1.29, 1.82) is 5.26 Å². The minimum atomic E-state index is 0.000556. The van der Waals surface area contributed by atoms with E-state index in [1.807, 2.05) is 0 Å². The number of ether oxygens (including phenoxy) is 1. The second kappa shape index (κ2) is 4.74. The molecule has 2 fully saturated rings. The first-order valence-corrected chi connectivity index (χ1v) is 5.34. The molecule has 78 valence electrons. The van der Waals surface area contributed by atoms with Crippen molar-refractivity contribution in [3.05, 3.63) is 0 Å². The van der Waals surface area contributed by atoms with Crippen LogP contribution in [0.5, 0.6) is 0 Å². The Hall–Kier alpha value is -0.630. The molecule has 1 saturated heterocycles. The molecule has 1 saturated carbocycles. The SMILES string of the molecule is N#CC(CN1CCOCC1)NC1CC1. The van der Waals surface area contributed by atoms with Gasteiger partial charge in [-0.15, -0.1) is 0 Å². The molecule has 1 N–H and O–H groups in total. The lowest BCUT2D eigenvalue weighted by Crippen LogP contribution is -2.45. The lowest BCUT2D eigenvalue weighted by atomic mass is 10.2. The maximum absolute atomic E-state index is 8.96. The fourth-order valence-electron chi connectivity index (χ4n) is 1.71. The molecule has 0 bridgehead atoms. The Morgan fingerprint density at radius 1 is 1.43 bits per heavy atom. The summed E-state index contributed by atoms with van der Waals surface area (Å²) in [6.45, 7) is 4.38. The fraction of sp³-hybridized carbons (Fsp3) is 0.900. The van der Waals surface area contributed by atoms with Gasteiger partial charge in [0.25, 0.3) is 0 Å². The van der Waals surface area contributed by atoms with E-state index in [1.54, 1.807) is 0 Å². The van der Waals surface area contributed by atoms with Crippen molar-refractivity contribution in [2.45, 2.75) is 24.9 Å². The summed E-state index contributed by atoms with van der Waals surface area (Å²) >= 11 is 0. The minimum absolute atomic E-state index is 0.000556. The fourth-order valence-corrected chi connectivity index (χ4v) is 1.71. The van der Waals surface area contributed by atoms with Crippen LogP contribution in [0.3, 0.4) is 0 Å². The number of morpholine rings is 1. The molecule has 14 heavy (non-hydrogen) atoms. The van der Waals surface area contributed by atoms with Crippen molar-refractivity contribution in [3.8, 4) is 6.07 Å². The van der Waals surface area contributed by atoms with Gasteiger partial charge in [0.1, 0.15) is 6.04 Å². The molecule has 1 heterocycles. The van der Waals surface area contributed by atoms with Crippen molar-refractivity contribution in [2.24, 2.45) is 0 Å². The van der Waals surface area contributed by atoms with Gasteiger partial charge in [-0.3, -0.25) is 10.2 Å². The number of nitrogens with one attached hydrogen (secondary N) is 1. The molecule has 4 heteroatoms. The third kappa shape index (κ3) is 2.95. The highest BCUT2D eigenvalue weighted by atomic mass is 16.5. The van der Waals surface area contributed by atoms with E-state index >= 15 is 0 Å². The van der Waals surface area contributed by atoms with E-state index in [1.165, 1.54) is 12.8 Å². The van der Waals surface area contributed by atoms with E-state index in [-0.39, 0.29) is 6.04 Å². The molecule has 1 unspecified atom stereocenters. The summed E-state index contributed by atoms with van der Waals surface area (Å²) < 4.78 is 5.26. The molecule has 0 aromatic rings. The van der Waals surface area contributed by atoms with Gasteiger partial charge in [0.15, 0.2) is 0 Å².